The van der Waals surface area contributed by atoms with Crippen LogP contribution in [0.3, 0.4) is 0 Å². The fourth-order valence-corrected chi connectivity index (χ4v) is 3.34. The highest BCUT2D eigenvalue weighted by molar-refractivity contribution is 5.89. The number of carbonyl (C=O) groups excluding carboxylic acids is 1. The molecule has 0 bridgehead atoms. The Kier molecular flexibility index (Phi) is 3.87. The van der Waals surface area contributed by atoms with Crippen LogP contribution in [0.5, 0.6) is 0 Å². The van der Waals surface area contributed by atoms with Crippen LogP contribution in [-0.2, 0) is 0 Å². The number of hydrogen-bond donors (Lipinski definition) is 3. The van der Waals surface area contributed by atoms with Crippen molar-refractivity contribution in [3.05, 3.63) is 30.1 Å². The Hall–Kier alpha value is -1.62. The van der Waals surface area contributed by atoms with Crippen molar-refractivity contribution >= 4 is 11.7 Å². The average molecular weight is 277 g/mol. The summed E-state index contributed by atoms with van der Waals surface area (Å²) in [5, 5.41) is 8.95. The van der Waals surface area contributed by atoms with Crippen molar-refractivity contribution in [1.29, 1.82) is 0 Å². The highest BCUT2D eigenvalue weighted by Crippen LogP contribution is 2.32. The van der Waals surface area contributed by atoms with E-state index in [0.29, 0.717) is 5.92 Å². The Morgan fingerprint density at radius 3 is 2.85 bits per heavy atom. The van der Waals surface area contributed by atoms with E-state index in [4.69, 9.17) is 0 Å². The van der Waals surface area contributed by atoms with Crippen molar-refractivity contribution in [2.24, 2.45) is 11.8 Å². The molecule has 0 radical (unpaired) electrons. The summed E-state index contributed by atoms with van der Waals surface area (Å²) in [6.45, 7) is 2.16. The molecule has 0 aromatic heterocycles. The fraction of sp³-hybridized carbons (Fsp3) is 0.533. The van der Waals surface area contributed by atoms with E-state index < -0.39 is 5.82 Å². The van der Waals surface area contributed by atoms with Gasteiger partial charge in [0.05, 0.1) is 5.69 Å². The maximum atomic E-state index is 13.5. The van der Waals surface area contributed by atoms with Gasteiger partial charge in [0.2, 0.25) is 0 Å². The molecule has 1 aromatic rings. The van der Waals surface area contributed by atoms with E-state index in [0.717, 1.165) is 38.3 Å². The molecule has 3 rings (SSSR count). The van der Waals surface area contributed by atoms with Gasteiger partial charge in [-0.15, -0.1) is 0 Å². The molecule has 4 nitrogen and oxygen atoms in total. The minimum Gasteiger partial charge on any atom is -0.335 e. The summed E-state index contributed by atoms with van der Waals surface area (Å²) in [4.78, 5) is 11.9. The first kappa shape index (κ1) is 13.4. The molecule has 5 heteroatoms. The lowest BCUT2D eigenvalue weighted by Crippen LogP contribution is -2.42. The molecule has 108 valence electrons. The summed E-state index contributed by atoms with van der Waals surface area (Å²) in [6, 6.07) is 6.09. The first-order chi connectivity index (χ1) is 9.72. The van der Waals surface area contributed by atoms with Crippen LogP contribution in [0.2, 0.25) is 0 Å². The third-order valence-corrected chi connectivity index (χ3v) is 4.41. The molecule has 3 atom stereocenters. The number of halogens is 1. The molecule has 1 aliphatic carbocycles. The van der Waals surface area contributed by atoms with Crippen molar-refractivity contribution in [1.82, 2.24) is 10.6 Å². The van der Waals surface area contributed by atoms with E-state index in [1.165, 1.54) is 6.07 Å². The van der Waals surface area contributed by atoms with Crippen LogP contribution in [0.4, 0.5) is 14.9 Å². The van der Waals surface area contributed by atoms with E-state index in [-0.39, 0.29) is 17.8 Å². The molecular formula is C15H20FN3O. The number of para-hydroxylation sites is 1. The van der Waals surface area contributed by atoms with E-state index >= 15 is 0 Å². The predicted molar refractivity (Wildman–Crippen MR) is 76.0 cm³/mol. The van der Waals surface area contributed by atoms with E-state index in [1.807, 2.05) is 0 Å². The van der Waals surface area contributed by atoms with Gasteiger partial charge in [-0.2, -0.15) is 0 Å². The van der Waals surface area contributed by atoms with Gasteiger partial charge >= 0.3 is 6.03 Å². The van der Waals surface area contributed by atoms with Crippen LogP contribution < -0.4 is 16.0 Å². The number of fused-ring (bicyclic) bond motifs is 1. The van der Waals surface area contributed by atoms with Crippen molar-refractivity contribution in [2.75, 3.05) is 18.4 Å². The van der Waals surface area contributed by atoms with Gasteiger partial charge in [-0.3, -0.25) is 0 Å². The lowest BCUT2D eigenvalue weighted by molar-refractivity contribution is 0.224. The van der Waals surface area contributed by atoms with Crippen LogP contribution in [0.15, 0.2) is 24.3 Å². The molecule has 2 amide bonds. The molecule has 1 heterocycles. The Morgan fingerprint density at radius 1 is 1.20 bits per heavy atom. The summed E-state index contributed by atoms with van der Waals surface area (Å²) in [5.74, 6) is 1.02. The highest BCUT2D eigenvalue weighted by Gasteiger charge is 2.34. The fourth-order valence-electron chi connectivity index (χ4n) is 3.34. The number of carbonyl (C=O) groups is 1. The number of anilines is 1. The quantitative estimate of drug-likeness (QED) is 0.777. The average Bonchev–Trinajstić information content (AvgIpc) is 2.89. The Bertz CT molecular complexity index is 494. The monoisotopic (exact) mass is 277 g/mol. The zero-order valence-electron chi connectivity index (χ0n) is 11.4. The number of amides is 2. The lowest BCUT2D eigenvalue weighted by Gasteiger charge is -2.31. The zero-order chi connectivity index (χ0) is 13.9. The van der Waals surface area contributed by atoms with Crippen molar-refractivity contribution < 1.29 is 9.18 Å². The van der Waals surface area contributed by atoms with Crippen LogP contribution in [0, 0.1) is 17.7 Å². The summed E-state index contributed by atoms with van der Waals surface area (Å²) in [5.41, 5.74) is 0.223. The smallest absolute Gasteiger partial charge is 0.319 e. The normalized spacial score (nSPS) is 28.8. The molecule has 20 heavy (non-hydrogen) atoms. The minimum absolute atomic E-state index is 0.197. The van der Waals surface area contributed by atoms with Gasteiger partial charge in [-0.25, -0.2) is 9.18 Å². The van der Waals surface area contributed by atoms with Crippen LogP contribution in [0.1, 0.15) is 19.3 Å². The third kappa shape index (κ3) is 2.93. The number of urea groups is 1. The Morgan fingerprint density at radius 2 is 2.00 bits per heavy atom. The van der Waals surface area contributed by atoms with Gasteiger partial charge in [0.1, 0.15) is 5.82 Å². The summed E-state index contributed by atoms with van der Waals surface area (Å²) < 4.78 is 13.5. The predicted octanol–water partition coefficient (Wildman–Crippen LogP) is 2.34. The van der Waals surface area contributed by atoms with Gasteiger partial charge in [0, 0.05) is 6.04 Å². The topological polar surface area (TPSA) is 53.2 Å². The molecule has 1 saturated heterocycles. The first-order valence-corrected chi connectivity index (χ1v) is 7.25. The molecule has 0 spiro atoms. The molecule has 2 aliphatic rings. The Balaban J connectivity index is 1.53. The van der Waals surface area contributed by atoms with Crippen LogP contribution >= 0.6 is 0 Å². The molecule has 2 fully saturated rings. The van der Waals surface area contributed by atoms with Gasteiger partial charge in [-0.1, -0.05) is 12.1 Å². The van der Waals surface area contributed by atoms with Gasteiger partial charge < -0.3 is 16.0 Å². The standard InChI is InChI=1S/C15H20FN3O/c16-13-3-1-2-4-14(13)19-15(20)18-12-6-5-10-8-17-9-11(10)7-12/h1-4,10-12,17H,5-9H2,(H2,18,19,20)/t10-,11+,12?/m0/s1. The number of nitrogens with one attached hydrogen (secondary N) is 3. The number of rotatable bonds is 2. The largest absolute Gasteiger partial charge is 0.335 e. The molecule has 3 N–H and O–H groups in total. The van der Waals surface area contributed by atoms with Gasteiger partial charge in [0.15, 0.2) is 0 Å². The molecule has 1 unspecified atom stereocenters. The highest BCUT2D eigenvalue weighted by atomic mass is 19.1. The number of benzene rings is 1. The summed E-state index contributed by atoms with van der Waals surface area (Å²) in [7, 11) is 0. The zero-order valence-corrected chi connectivity index (χ0v) is 11.4. The van der Waals surface area contributed by atoms with Crippen LogP contribution in [-0.4, -0.2) is 25.2 Å². The third-order valence-electron chi connectivity index (χ3n) is 4.41. The SMILES string of the molecule is O=C(Nc1ccccc1F)NC1CC[C@H]2CNC[C@H]2C1. The second-order valence-corrected chi connectivity index (χ2v) is 5.77. The Labute approximate surface area is 118 Å². The number of hydrogen-bond acceptors (Lipinski definition) is 2. The van der Waals surface area contributed by atoms with Crippen molar-refractivity contribution in [3.8, 4) is 0 Å². The van der Waals surface area contributed by atoms with E-state index in [2.05, 4.69) is 16.0 Å². The summed E-state index contributed by atoms with van der Waals surface area (Å²) in [6.07, 6.45) is 3.18. The first-order valence-electron chi connectivity index (χ1n) is 7.25. The van der Waals surface area contributed by atoms with E-state index in [9.17, 15) is 9.18 Å². The second-order valence-electron chi connectivity index (χ2n) is 5.77. The minimum atomic E-state index is -0.411. The molecule has 1 aliphatic heterocycles. The lowest BCUT2D eigenvalue weighted by atomic mass is 9.79. The molecular weight excluding hydrogens is 257 g/mol. The van der Waals surface area contributed by atoms with Crippen molar-refractivity contribution in [3.63, 3.8) is 0 Å². The van der Waals surface area contributed by atoms with Crippen molar-refractivity contribution in [2.45, 2.75) is 25.3 Å². The maximum Gasteiger partial charge on any atom is 0.319 e. The summed E-state index contributed by atoms with van der Waals surface area (Å²) >= 11 is 0. The van der Waals surface area contributed by atoms with Gasteiger partial charge in [0.25, 0.3) is 0 Å². The van der Waals surface area contributed by atoms with Crippen LogP contribution in [0.25, 0.3) is 0 Å². The van der Waals surface area contributed by atoms with Gasteiger partial charge in [-0.05, 0) is 56.3 Å². The molecule has 1 aromatic carbocycles. The second kappa shape index (κ2) is 5.79. The van der Waals surface area contributed by atoms with E-state index in [1.54, 1.807) is 18.2 Å². The molecule has 1 saturated carbocycles. The maximum absolute atomic E-state index is 13.5.